The molecule has 0 spiro atoms. The van der Waals surface area contributed by atoms with Gasteiger partial charge >= 0.3 is 39.5 Å². The smallest absolute Gasteiger partial charge is 0.462 e. The number of carbonyl (C=O) groups excluding carboxylic acids is 4. The highest BCUT2D eigenvalue weighted by atomic mass is 31.2. The summed E-state index contributed by atoms with van der Waals surface area (Å²) in [7, 11) is -9.87. The van der Waals surface area contributed by atoms with E-state index in [0.717, 1.165) is 109 Å². The average Bonchev–Trinajstić information content (AvgIpc) is 3.42. The highest BCUT2D eigenvalue weighted by Gasteiger charge is 2.30. The van der Waals surface area contributed by atoms with E-state index in [1.807, 2.05) is 0 Å². The number of aliphatic hydroxyl groups excluding tert-OH is 1. The van der Waals surface area contributed by atoms with Gasteiger partial charge in [-0.2, -0.15) is 0 Å². The highest BCUT2D eigenvalue weighted by molar-refractivity contribution is 7.47. The van der Waals surface area contributed by atoms with Crippen molar-refractivity contribution in [2.45, 2.75) is 322 Å². The average molecular weight is 1170 g/mol. The van der Waals surface area contributed by atoms with Crippen molar-refractivity contribution in [3.05, 3.63) is 0 Å². The Balaban J connectivity index is 5.19. The van der Waals surface area contributed by atoms with Crippen LogP contribution in [0, 0.1) is 0 Å². The number of carbonyl (C=O) groups is 4. The third-order valence-electron chi connectivity index (χ3n) is 13.9. The van der Waals surface area contributed by atoms with Crippen molar-refractivity contribution in [3.8, 4) is 0 Å². The summed E-state index contributed by atoms with van der Waals surface area (Å²) < 4.78 is 67.7. The molecule has 0 heterocycles. The predicted molar refractivity (Wildman–Crippen MR) is 312 cm³/mol. The van der Waals surface area contributed by atoms with Crippen LogP contribution in [-0.2, 0) is 65.4 Å². The molecule has 2 unspecified atom stereocenters. The van der Waals surface area contributed by atoms with E-state index in [2.05, 4.69) is 27.7 Å². The number of hydrogen-bond donors (Lipinski definition) is 3. The fraction of sp³-hybridized carbons (Fsp3) is 0.933. The Morgan fingerprint density at radius 1 is 0.304 bits per heavy atom. The standard InChI is InChI=1S/C60H116O17P2/c1-5-9-13-17-21-24-26-27-28-29-31-35-39-43-47-60(65)77-56(51-71-58(63)45-41-37-34-30-25-22-18-14-10-6-2)53-75-79(68,69)73-49-54(61)48-72-78(66,67)74-52-55(50-70-57(62)44-40-36-32-20-16-12-8-4)76-59(64)46-42-38-33-23-19-15-11-7-3/h54-56,61H,5-53H2,1-4H3,(H,66,67)(H,68,69)/t54-,55+,56+/m0/s1. The minimum atomic E-state index is -4.94. The number of rotatable bonds is 61. The van der Waals surface area contributed by atoms with E-state index in [0.29, 0.717) is 25.7 Å². The molecule has 17 nitrogen and oxygen atoms in total. The zero-order valence-corrected chi connectivity index (χ0v) is 52.1. The van der Waals surface area contributed by atoms with Gasteiger partial charge in [-0.05, 0) is 25.7 Å². The summed E-state index contributed by atoms with van der Waals surface area (Å²) in [6.45, 7) is 4.79. The zero-order valence-electron chi connectivity index (χ0n) is 50.3. The van der Waals surface area contributed by atoms with Crippen LogP contribution in [0.2, 0.25) is 0 Å². The summed E-state index contributed by atoms with van der Waals surface area (Å²) in [6.07, 6.45) is 39.0. The van der Waals surface area contributed by atoms with Gasteiger partial charge in [0.25, 0.3) is 0 Å². The van der Waals surface area contributed by atoms with Crippen LogP contribution >= 0.6 is 15.6 Å². The fourth-order valence-electron chi connectivity index (χ4n) is 8.93. The lowest BCUT2D eigenvalue weighted by atomic mass is 10.0. The van der Waals surface area contributed by atoms with Crippen LogP contribution in [-0.4, -0.2) is 96.7 Å². The maximum Gasteiger partial charge on any atom is 0.472 e. The monoisotopic (exact) mass is 1170 g/mol. The Kier molecular flexibility index (Phi) is 53.9. The largest absolute Gasteiger partial charge is 0.472 e. The number of phosphoric acid groups is 2. The summed E-state index contributed by atoms with van der Waals surface area (Å²) in [5, 5.41) is 10.5. The fourth-order valence-corrected chi connectivity index (χ4v) is 10.5. The number of unbranched alkanes of at least 4 members (excludes halogenated alkanes) is 35. The molecule has 468 valence electrons. The molecule has 5 atom stereocenters. The summed E-state index contributed by atoms with van der Waals surface area (Å²) in [5.74, 6) is -2.14. The lowest BCUT2D eigenvalue weighted by Gasteiger charge is -2.21. The number of esters is 4. The van der Waals surface area contributed by atoms with Gasteiger partial charge < -0.3 is 33.8 Å². The molecule has 0 aromatic heterocycles. The van der Waals surface area contributed by atoms with Crippen LogP contribution in [0.1, 0.15) is 304 Å². The SMILES string of the molecule is CCCCCCCCCCCCCCCCC(=O)O[C@H](COC(=O)CCCCCCCCCCCC)COP(=O)(O)OC[C@@H](O)COP(=O)(O)OC[C@@H](COC(=O)CCCCCCCCC)OC(=O)CCCCCCCCCC. The van der Waals surface area contributed by atoms with Gasteiger partial charge in [-0.15, -0.1) is 0 Å². The number of aliphatic hydroxyl groups is 1. The van der Waals surface area contributed by atoms with Crippen molar-refractivity contribution in [2.24, 2.45) is 0 Å². The minimum absolute atomic E-state index is 0.105. The molecular weight excluding hydrogens is 1050 g/mol. The molecule has 3 N–H and O–H groups in total. The third-order valence-corrected chi connectivity index (χ3v) is 15.8. The van der Waals surface area contributed by atoms with Gasteiger partial charge in [0.2, 0.25) is 0 Å². The molecule has 0 aliphatic carbocycles. The van der Waals surface area contributed by atoms with Crippen LogP contribution in [0.15, 0.2) is 0 Å². The van der Waals surface area contributed by atoms with E-state index in [-0.39, 0.29) is 25.7 Å². The van der Waals surface area contributed by atoms with Gasteiger partial charge in [0.15, 0.2) is 12.2 Å². The second kappa shape index (κ2) is 55.3. The minimum Gasteiger partial charge on any atom is -0.462 e. The van der Waals surface area contributed by atoms with E-state index < -0.39 is 97.5 Å². The first-order chi connectivity index (χ1) is 38.2. The van der Waals surface area contributed by atoms with E-state index >= 15 is 0 Å². The lowest BCUT2D eigenvalue weighted by Crippen LogP contribution is -2.30. The molecule has 0 amide bonds. The summed E-state index contributed by atoms with van der Waals surface area (Å²) in [5.41, 5.74) is 0. The molecule has 0 radical (unpaired) electrons. The van der Waals surface area contributed by atoms with Crippen molar-refractivity contribution in [1.29, 1.82) is 0 Å². The highest BCUT2D eigenvalue weighted by Crippen LogP contribution is 2.45. The van der Waals surface area contributed by atoms with Crippen molar-refractivity contribution >= 4 is 39.5 Å². The molecule has 0 rings (SSSR count). The van der Waals surface area contributed by atoms with Gasteiger partial charge in [-0.3, -0.25) is 37.3 Å². The lowest BCUT2D eigenvalue weighted by molar-refractivity contribution is -0.161. The Morgan fingerprint density at radius 2 is 0.506 bits per heavy atom. The van der Waals surface area contributed by atoms with Crippen molar-refractivity contribution in [3.63, 3.8) is 0 Å². The van der Waals surface area contributed by atoms with Crippen molar-refractivity contribution in [2.75, 3.05) is 39.6 Å². The summed E-state index contributed by atoms with van der Waals surface area (Å²) in [6, 6.07) is 0. The molecular formula is C60H116O17P2. The molecule has 0 fully saturated rings. The normalized spacial score (nSPS) is 14.3. The van der Waals surface area contributed by atoms with Crippen molar-refractivity contribution in [1.82, 2.24) is 0 Å². The molecule has 0 aromatic carbocycles. The van der Waals surface area contributed by atoms with Crippen molar-refractivity contribution < 1.29 is 80.2 Å². The maximum absolute atomic E-state index is 12.9. The molecule has 0 saturated carbocycles. The number of hydrogen-bond acceptors (Lipinski definition) is 15. The van der Waals surface area contributed by atoms with Crippen LogP contribution in [0.4, 0.5) is 0 Å². The van der Waals surface area contributed by atoms with Gasteiger partial charge in [0.1, 0.15) is 19.3 Å². The van der Waals surface area contributed by atoms with E-state index in [1.165, 1.54) is 116 Å². The van der Waals surface area contributed by atoms with E-state index in [4.69, 9.17) is 37.0 Å². The first kappa shape index (κ1) is 77.1. The Labute approximate surface area is 479 Å². The molecule has 0 aliphatic heterocycles. The quantitative estimate of drug-likeness (QED) is 0.0222. The molecule has 0 saturated heterocycles. The third kappa shape index (κ3) is 55.0. The van der Waals surface area contributed by atoms with Crippen LogP contribution in [0.5, 0.6) is 0 Å². The molecule has 0 aromatic rings. The van der Waals surface area contributed by atoms with Gasteiger partial charge in [-0.1, -0.05) is 252 Å². The van der Waals surface area contributed by atoms with Gasteiger partial charge in [-0.25, -0.2) is 9.13 Å². The molecule has 19 heteroatoms. The van der Waals surface area contributed by atoms with Crippen LogP contribution < -0.4 is 0 Å². The number of phosphoric ester groups is 2. The summed E-state index contributed by atoms with van der Waals surface area (Å²) in [4.78, 5) is 71.8. The zero-order chi connectivity index (χ0) is 58.3. The second-order valence-corrected chi connectivity index (χ2v) is 24.6. The second-order valence-electron chi connectivity index (χ2n) is 21.7. The Morgan fingerprint density at radius 3 is 0.747 bits per heavy atom. The summed E-state index contributed by atoms with van der Waals surface area (Å²) >= 11 is 0. The Hall–Kier alpha value is -1.94. The van der Waals surface area contributed by atoms with E-state index in [9.17, 15) is 43.2 Å². The maximum atomic E-state index is 12.9. The van der Waals surface area contributed by atoms with Crippen LogP contribution in [0.25, 0.3) is 0 Å². The van der Waals surface area contributed by atoms with Gasteiger partial charge in [0.05, 0.1) is 26.4 Å². The Bertz CT molecular complexity index is 1540. The topological polar surface area (TPSA) is 237 Å². The number of ether oxygens (including phenoxy) is 4. The predicted octanol–water partition coefficient (Wildman–Crippen LogP) is 16.4. The van der Waals surface area contributed by atoms with Gasteiger partial charge in [0, 0.05) is 25.7 Å². The van der Waals surface area contributed by atoms with Crippen LogP contribution in [0.3, 0.4) is 0 Å². The van der Waals surface area contributed by atoms with E-state index in [1.54, 1.807) is 0 Å². The molecule has 0 aliphatic rings. The molecule has 79 heavy (non-hydrogen) atoms. The first-order valence-corrected chi connectivity index (χ1v) is 34.8. The first-order valence-electron chi connectivity index (χ1n) is 31.8. The molecule has 0 bridgehead atoms.